The third-order valence-corrected chi connectivity index (χ3v) is 3.76. The van der Waals surface area contributed by atoms with Gasteiger partial charge in [-0.2, -0.15) is 0 Å². The molecule has 0 unspecified atom stereocenters. The van der Waals surface area contributed by atoms with Gasteiger partial charge in [-0.25, -0.2) is 4.98 Å². The Morgan fingerprint density at radius 3 is 2.76 bits per heavy atom. The van der Waals surface area contributed by atoms with Crippen molar-refractivity contribution >= 4 is 17.3 Å². The summed E-state index contributed by atoms with van der Waals surface area (Å²) in [6.45, 7) is 0. The van der Waals surface area contributed by atoms with Gasteiger partial charge in [0.2, 0.25) is 5.89 Å². The lowest BCUT2D eigenvalue weighted by Crippen LogP contribution is -2.24. The van der Waals surface area contributed by atoms with Crippen LogP contribution in [0, 0.1) is 0 Å². The van der Waals surface area contributed by atoms with E-state index in [2.05, 4.69) is 4.98 Å². The van der Waals surface area contributed by atoms with Crippen LogP contribution in [0.1, 0.15) is 5.69 Å². The molecular formula is C15H10NO4S-. The zero-order chi connectivity index (χ0) is 14.8. The lowest BCUT2D eigenvalue weighted by molar-refractivity contribution is -0.304. The van der Waals surface area contributed by atoms with Crippen molar-refractivity contribution < 1.29 is 19.4 Å². The van der Waals surface area contributed by atoms with Gasteiger partial charge in [-0.15, -0.1) is 11.3 Å². The van der Waals surface area contributed by atoms with Crippen molar-refractivity contribution in [2.75, 3.05) is 0 Å². The summed E-state index contributed by atoms with van der Waals surface area (Å²) in [5.74, 6) is -0.623. The molecule has 0 aliphatic rings. The van der Waals surface area contributed by atoms with E-state index in [1.165, 1.54) is 17.4 Å². The molecule has 1 aromatic carbocycles. The van der Waals surface area contributed by atoms with Crippen LogP contribution in [0.15, 0.2) is 46.2 Å². The number of aromatic nitrogens is 1. The molecule has 0 radical (unpaired) electrons. The summed E-state index contributed by atoms with van der Waals surface area (Å²) in [5, 5.41) is 22.6. The number of carbonyl (C=O) groups excluding carboxylic acids is 1. The first-order valence-electron chi connectivity index (χ1n) is 6.17. The molecule has 0 bridgehead atoms. The van der Waals surface area contributed by atoms with Crippen molar-refractivity contribution in [3.63, 3.8) is 0 Å². The number of carbonyl (C=O) groups is 1. The average molecular weight is 300 g/mol. The molecule has 106 valence electrons. The van der Waals surface area contributed by atoms with Crippen molar-refractivity contribution in [3.05, 3.63) is 47.5 Å². The van der Waals surface area contributed by atoms with Crippen LogP contribution < -0.4 is 5.11 Å². The highest BCUT2D eigenvalue weighted by molar-refractivity contribution is 7.13. The molecule has 3 rings (SSSR count). The number of aromatic hydroxyl groups is 1. The third kappa shape index (κ3) is 2.66. The highest BCUT2D eigenvalue weighted by Gasteiger charge is 2.18. The van der Waals surface area contributed by atoms with Gasteiger partial charge in [0.15, 0.2) is 5.76 Å². The van der Waals surface area contributed by atoms with E-state index in [-0.39, 0.29) is 23.8 Å². The quantitative estimate of drug-likeness (QED) is 0.797. The Balaban J connectivity index is 2.12. The largest absolute Gasteiger partial charge is 0.550 e. The molecule has 0 saturated carbocycles. The number of rotatable bonds is 4. The molecule has 0 saturated heterocycles. The van der Waals surface area contributed by atoms with E-state index in [9.17, 15) is 15.0 Å². The predicted molar refractivity (Wildman–Crippen MR) is 75.6 cm³/mol. The molecule has 2 heterocycles. The van der Waals surface area contributed by atoms with E-state index >= 15 is 0 Å². The number of oxazole rings is 1. The molecule has 21 heavy (non-hydrogen) atoms. The highest BCUT2D eigenvalue weighted by atomic mass is 32.1. The fraction of sp³-hybridized carbons (Fsp3) is 0.0667. The van der Waals surface area contributed by atoms with E-state index < -0.39 is 5.97 Å². The first kappa shape index (κ1) is 13.4. The molecule has 0 fully saturated rings. The standard InChI is InChI=1S/C15H11NO4S/c17-11-5-2-1-4-9(11)15-16-10(8-13(18)19)14(20-15)12-6-3-7-21-12/h1-7,17H,8H2,(H,18,19)/p-1. The van der Waals surface area contributed by atoms with E-state index in [1.54, 1.807) is 18.2 Å². The lowest BCUT2D eigenvalue weighted by Gasteiger charge is -1.99. The molecule has 0 aliphatic carbocycles. The molecule has 0 aliphatic heterocycles. The Morgan fingerprint density at radius 1 is 1.29 bits per heavy atom. The first-order valence-corrected chi connectivity index (χ1v) is 7.05. The molecule has 0 spiro atoms. The van der Waals surface area contributed by atoms with Gasteiger partial charge < -0.3 is 19.4 Å². The van der Waals surface area contributed by atoms with Gasteiger partial charge in [0.1, 0.15) is 5.75 Å². The van der Waals surface area contributed by atoms with Gasteiger partial charge in [0.05, 0.1) is 16.1 Å². The van der Waals surface area contributed by atoms with Gasteiger partial charge in [-0.05, 0) is 23.6 Å². The second-order valence-corrected chi connectivity index (χ2v) is 5.29. The van der Waals surface area contributed by atoms with Gasteiger partial charge >= 0.3 is 0 Å². The zero-order valence-corrected chi connectivity index (χ0v) is 11.6. The van der Waals surface area contributed by atoms with Crippen molar-refractivity contribution in [3.8, 4) is 27.8 Å². The smallest absolute Gasteiger partial charge is 0.230 e. The lowest BCUT2D eigenvalue weighted by atomic mass is 10.2. The number of carboxylic acids is 1. The number of carboxylic acid groups (broad SMARTS) is 1. The van der Waals surface area contributed by atoms with E-state index in [0.717, 1.165) is 4.88 Å². The summed E-state index contributed by atoms with van der Waals surface area (Å²) in [5.41, 5.74) is 0.704. The van der Waals surface area contributed by atoms with Crippen molar-refractivity contribution in [1.82, 2.24) is 4.98 Å². The Morgan fingerprint density at radius 2 is 2.10 bits per heavy atom. The number of phenols is 1. The minimum absolute atomic E-state index is 0.0245. The van der Waals surface area contributed by atoms with Crippen molar-refractivity contribution in [2.45, 2.75) is 6.42 Å². The Labute approximate surface area is 124 Å². The zero-order valence-electron chi connectivity index (χ0n) is 10.8. The van der Waals surface area contributed by atoms with Crippen LogP contribution in [-0.2, 0) is 11.2 Å². The Hall–Kier alpha value is -2.60. The Kier molecular flexibility index (Phi) is 3.45. The first-order chi connectivity index (χ1) is 10.1. The topological polar surface area (TPSA) is 86.4 Å². The summed E-state index contributed by atoms with van der Waals surface area (Å²) < 4.78 is 5.68. The number of nitrogens with zero attached hydrogens (tertiary/aromatic N) is 1. The number of hydrogen-bond acceptors (Lipinski definition) is 6. The van der Waals surface area contributed by atoms with E-state index in [4.69, 9.17) is 4.42 Å². The Bertz CT molecular complexity index is 777. The summed E-state index contributed by atoms with van der Waals surface area (Å²) in [4.78, 5) is 15.8. The van der Waals surface area contributed by atoms with Crippen LogP contribution in [0.4, 0.5) is 0 Å². The second kappa shape index (κ2) is 5.41. The minimum Gasteiger partial charge on any atom is -0.550 e. The summed E-state index contributed by atoms with van der Waals surface area (Å²) in [6.07, 6.45) is -0.343. The summed E-state index contributed by atoms with van der Waals surface area (Å²) in [6, 6.07) is 10.3. The summed E-state index contributed by atoms with van der Waals surface area (Å²) >= 11 is 1.42. The molecule has 5 nitrogen and oxygen atoms in total. The highest BCUT2D eigenvalue weighted by Crippen LogP contribution is 2.35. The molecule has 0 amide bonds. The number of thiophene rings is 1. The van der Waals surface area contributed by atoms with Gasteiger partial charge in [0.25, 0.3) is 0 Å². The van der Waals surface area contributed by atoms with Crippen molar-refractivity contribution in [2.24, 2.45) is 0 Å². The van der Waals surface area contributed by atoms with Crippen LogP contribution in [0.2, 0.25) is 0 Å². The number of hydrogen-bond donors (Lipinski definition) is 1. The van der Waals surface area contributed by atoms with Gasteiger partial charge in [-0.3, -0.25) is 0 Å². The third-order valence-electron chi connectivity index (χ3n) is 2.89. The predicted octanol–water partition coefficient (Wildman–Crippen LogP) is 2.07. The molecule has 2 aromatic heterocycles. The van der Waals surface area contributed by atoms with Gasteiger partial charge in [0, 0.05) is 12.4 Å². The maximum Gasteiger partial charge on any atom is 0.230 e. The number of phenolic OH excluding ortho intramolecular Hbond substituents is 1. The maximum atomic E-state index is 10.9. The maximum absolute atomic E-state index is 10.9. The SMILES string of the molecule is O=C([O-])Cc1nc(-c2ccccc2O)oc1-c1cccs1. The number of benzene rings is 1. The number of aliphatic carboxylic acids is 1. The van der Waals surface area contributed by atoms with Crippen LogP contribution in [-0.4, -0.2) is 16.1 Å². The number of para-hydroxylation sites is 1. The molecule has 1 N–H and O–H groups in total. The monoisotopic (exact) mass is 300 g/mol. The fourth-order valence-electron chi connectivity index (χ4n) is 1.98. The van der Waals surface area contributed by atoms with Crippen molar-refractivity contribution in [1.29, 1.82) is 0 Å². The molecule has 6 heteroatoms. The fourth-order valence-corrected chi connectivity index (χ4v) is 2.71. The molecule has 3 aromatic rings. The van der Waals surface area contributed by atoms with E-state index in [0.29, 0.717) is 11.3 Å². The van der Waals surface area contributed by atoms with Crippen LogP contribution in [0.25, 0.3) is 22.1 Å². The van der Waals surface area contributed by atoms with Crippen LogP contribution >= 0.6 is 11.3 Å². The van der Waals surface area contributed by atoms with Gasteiger partial charge in [-0.1, -0.05) is 18.2 Å². The normalized spacial score (nSPS) is 10.7. The molecular weight excluding hydrogens is 290 g/mol. The summed E-state index contributed by atoms with van der Waals surface area (Å²) in [7, 11) is 0. The molecule has 0 atom stereocenters. The van der Waals surface area contributed by atoms with Crippen LogP contribution in [0.3, 0.4) is 0 Å². The van der Waals surface area contributed by atoms with E-state index in [1.807, 2.05) is 17.5 Å². The minimum atomic E-state index is -1.23. The second-order valence-electron chi connectivity index (χ2n) is 4.34. The average Bonchev–Trinajstić information content (AvgIpc) is 3.07. The van der Waals surface area contributed by atoms with Crippen LogP contribution in [0.5, 0.6) is 5.75 Å².